The molecule has 0 spiro atoms. The molecule has 3 nitrogen and oxygen atoms in total. The van der Waals surface area contributed by atoms with Crippen LogP contribution in [0.15, 0.2) is 18.5 Å². The molecule has 1 aromatic heterocycles. The Balaban J connectivity index is 1.97. The van der Waals surface area contributed by atoms with Crippen LogP contribution in [0.1, 0.15) is 36.5 Å². The highest BCUT2D eigenvalue weighted by Crippen LogP contribution is 2.24. The van der Waals surface area contributed by atoms with E-state index in [1.54, 1.807) is 12.4 Å². The summed E-state index contributed by atoms with van der Waals surface area (Å²) in [5, 5.41) is 9.99. The Morgan fingerprint density at radius 2 is 2.47 bits per heavy atom. The molecule has 1 saturated heterocycles. The molecule has 2 heterocycles. The maximum absolute atomic E-state index is 9.99. The monoisotopic (exact) mass is 207 g/mol. The lowest BCUT2D eigenvalue weighted by Crippen LogP contribution is -2.11. The third-order valence-electron chi connectivity index (χ3n) is 2.79. The topological polar surface area (TPSA) is 42.4 Å². The highest BCUT2D eigenvalue weighted by molar-refractivity contribution is 5.18. The zero-order valence-electron chi connectivity index (χ0n) is 9.02. The number of pyridine rings is 1. The lowest BCUT2D eigenvalue weighted by Gasteiger charge is -2.15. The molecule has 1 fully saturated rings. The van der Waals surface area contributed by atoms with Gasteiger partial charge < -0.3 is 9.84 Å². The van der Waals surface area contributed by atoms with Crippen LogP contribution in [0.5, 0.6) is 0 Å². The number of hydrogen-bond acceptors (Lipinski definition) is 3. The van der Waals surface area contributed by atoms with Gasteiger partial charge in [-0.05, 0) is 30.9 Å². The average molecular weight is 207 g/mol. The molecule has 15 heavy (non-hydrogen) atoms. The molecule has 0 amide bonds. The van der Waals surface area contributed by atoms with Gasteiger partial charge in [0, 0.05) is 25.4 Å². The molecule has 0 bridgehead atoms. The summed E-state index contributed by atoms with van der Waals surface area (Å²) >= 11 is 0. The Hall–Kier alpha value is -0.930. The highest BCUT2D eigenvalue weighted by Gasteiger charge is 2.20. The van der Waals surface area contributed by atoms with Crippen molar-refractivity contribution in [1.82, 2.24) is 4.98 Å². The number of aromatic nitrogens is 1. The van der Waals surface area contributed by atoms with Crippen LogP contribution in [0.4, 0.5) is 0 Å². The second-order valence-electron chi connectivity index (χ2n) is 4.18. The quantitative estimate of drug-likeness (QED) is 0.824. The predicted molar refractivity (Wildman–Crippen MR) is 57.5 cm³/mol. The van der Waals surface area contributed by atoms with Crippen LogP contribution in [-0.2, 0) is 4.74 Å². The number of aliphatic hydroxyl groups excluding tert-OH is 1. The van der Waals surface area contributed by atoms with Gasteiger partial charge in [-0.1, -0.05) is 6.07 Å². The lowest BCUT2D eigenvalue weighted by atomic mass is 10.0. The first-order valence-corrected chi connectivity index (χ1v) is 5.47. The fraction of sp³-hybridized carbons (Fsp3) is 0.583. The van der Waals surface area contributed by atoms with Crippen molar-refractivity contribution in [2.75, 3.05) is 6.61 Å². The Morgan fingerprint density at radius 3 is 3.13 bits per heavy atom. The molecule has 0 aliphatic carbocycles. The van der Waals surface area contributed by atoms with Crippen molar-refractivity contribution < 1.29 is 9.84 Å². The first-order valence-electron chi connectivity index (χ1n) is 5.47. The standard InChI is InChI=1S/C12H17NO2/c1-9-5-10(8-13-7-9)12(14)6-11-3-2-4-15-11/h5,7-8,11-12,14H,2-4,6H2,1H3. The molecular weight excluding hydrogens is 190 g/mol. The van der Waals surface area contributed by atoms with Gasteiger partial charge in [0.15, 0.2) is 0 Å². The molecule has 3 heteroatoms. The Morgan fingerprint density at radius 1 is 1.60 bits per heavy atom. The molecule has 2 unspecified atom stereocenters. The van der Waals surface area contributed by atoms with Gasteiger partial charge in [0.1, 0.15) is 0 Å². The second kappa shape index (κ2) is 4.73. The SMILES string of the molecule is Cc1cncc(C(O)CC2CCCO2)c1. The largest absolute Gasteiger partial charge is 0.388 e. The number of ether oxygens (including phenoxy) is 1. The van der Waals surface area contributed by atoms with E-state index >= 15 is 0 Å². The van der Waals surface area contributed by atoms with Crippen molar-refractivity contribution in [3.05, 3.63) is 29.6 Å². The van der Waals surface area contributed by atoms with Crippen molar-refractivity contribution in [1.29, 1.82) is 0 Å². The van der Waals surface area contributed by atoms with Gasteiger partial charge in [0.05, 0.1) is 12.2 Å². The van der Waals surface area contributed by atoms with E-state index in [0.29, 0.717) is 6.42 Å². The van der Waals surface area contributed by atoms with Crippen LogP contribution < -0.4 is 0 Å². The summed E-state index contributed by atoms with van der Waals surface area (Å²) in [6.45, 7) is 2.82. The minimum atomic E-state index is -0.444. The molecule has 0 aromatic carbocycles. The Bertz CT molecular complexity index is 321. The zero-order chi connectivity index (χ0) is 10.7. The smallest absolute Gasteiger partial charge is 0.0829 e. The number of hydrogen-bond donors (Lipinski definition) is 1. The molecule has 2 atom stereocenters. The van der Waals surface area contributed by atoms with E-state index in [2.05, 4.69) is 4.98 Å². The number of rotatable bonds is 3. The molecule has 0 radical (unpaired) electrons. The van der Waals surface area contributed by atoms with Crippen molar-refractivity contribution in [3.8, 4) is 0 Å². The van der Waals surface area contributed by atoms with E-state index in [4.69, 9.17) is 4.74 Å². The van der Waals surface area contributed by atoms with Crippen molar-refractivity contribution in [3.63, 3.8) is 0 Å². The molecule has 1 aliphatic rings. The van der Waals surface area contributed by atoms with Gasteiger partial charge >= 0.3 is 0 Å². The van der Waals surface area contributed by atoms with Gasteiger partial charge in [0.2, 0.25) is 0 Å². The summed E-state index contributed by atoms with van der Waals surface area (Å²) in [6, 6.07) is 1.98. The van der Waals surface area contributed by atoms with E-state index in [0.717, 1.165) is 30.6 Å². The fourth-order valence-electron chi connectivity index (χ4n) is 1.98. The van der Waals surface area contributed by atoms with E-state index in [1.807, 2.05) is 13.0 Å². The van der Waals surface area contributed by atoms with Crippen LogP contribution >= 0.6 is 0 Å². The lowest BCUT2D eigenvalue weighted by molar-refractivity contribution is 0.0533. The van der Waals surface area contributed by atoms with E-state index in [9.17, 15) is 5.11 Å². The summed E-state index contributed by atoms with van der Waals surface area (Å²) < 4.78 is 5.49. The summed E-state index contributed by atoms with van der Waals surface area (Å²) in [4.78, 5) is 4.08. The van der Waals surface area contributed by atoms with Gasteiger partial charge in [-0.15, -0.1) is 0 Å². The van der Waals surface area contributed by atoms with Gasteiger partial charge in [-0.25, -0.2) is 0 Å². The van der Waals surface area contributed by atoms with E-state index in [1.165, 1.54) is 0 Å². The normalized spacial score (nSPS) is 22.9. The Kier molecular flexibility index (Phi) is 3.34. The summed E-state index contributed by atoms with van der Waals surface area (Å²) in [5.41, 5.74) is 1.98. The molecule has 1 N–H and O–H groups in total. The summed E-state index contributed by atoms with van der Waals surface area (Å²) in [5.74, 6) is 0. The predicted octanol–water partition coefficient (Wildman–Crippen LogP) is 1.99. The minimum absolute atomic E-state index is 0.223. The number of aliphatic hydroxyl groups is 1. The average Bonchev–Trinajstić information content (AvgIpc) is 2.70. The minimum Gasteiger partial charge on any atom is -0.388 e. The molecule has 82 valence electrons. The summed E-state index contributed by atoms with van der Waals surface area (Å²) in [7, 11) is 0. The van der Waals surface area contributed by atoms with Gasteiger partial charge in [0.25, 0.3) is 0 Å². The fourth-order valence-corrected chi connectivity index (χ4v) is 1.98. The number of nitrogens with zero attached hydrogens (tertiary/aromatic N) is 1. The van der Waals surface area contributed by atoms with Crippen molar-refractivity contribution in [2.24, 2.45) is 0 Å². The molecule has 0 saturated carbocycles. The van der Waals surface area contributed by atoms with Crippen LogP contribution in [0.2, 0.25) is 0 Å². The van der Waals surface area contributed by atoms with Gasteiger partial charge in [-0.3, -0.25) is 4.98 Å². The molecule has 2 rings (SSSR count). The maximum atomic E-state index is 9.99. The third-order valence-corrected chi connectivity index (χ3v) is 2.79. The van der Waals surface area contributed by atoms with Crippen LogP contribution in [0.3, 0.4) is 0 Å². The van der Waals surface area contributed by atoms with E-state index < -0.39 is 6.10 Å². The molecule has 1 aliphatic heterocycles. The van der Waals surface area contributed by atoms with Crippen molar-refractivity contribution >= 4 is 0 Å². The first kappa shape index (κ1) is 10.6. The highest BCUT2D eigenvalue weighted by atomic mass is 16.5. The van der Waals surface area contributed by atoms with Crippen LogP contribution in [-0.4, -0.2) is 22.8 Å². The van der Waals surface area contributed by atoms with E-state index in [-0.39, 0.29) is 6.10 Å². The molecular formula is C12H17NO2. The van der Waals surface area contributed by atoms with Crippen LogP contribution in [0.25, 0.3) is 0 Å². The third kappa shape index (κ3) is 2.76. The van der Waals surface area contributed by atoms with Crippen LogP contribution in [0, 0.1) is 6.92 Å². The number of aryl methyl sites for hydroxylation is 1. The summed E-state index contributed by atoms with van der Waals surface area (Å²) in [6.07, 6.45) is 6.17. The zero-order valence-corrected chi connectivity index (χ0v) is 9.02. The molecule has 1 aromatic rings. The Labute approximate surface area is 90.1 Å². The first-order chi connectivity index (χ1) is 7.25. The van der Waals surface area contributed by atoms with Crippen molar-refractivity contribution in [2.45, 2.75) is 38.4 Å². The maximum Gasteiger partial charge on any atom is 0.0829 e. The second-order valence-corrected chi connectivity index (χ2v) is 4.18. The van der Waals surface area contributed by atoms with Gasteiger partial charge in [-0.2, -0.15) is 0 Å².